The lowest BCUT2D eigenvalue weighted by molar-refractivity contribution is 0.156. The van der Waals surface area contributed by atoms with E-state index in [1.54, 1.807) is 5.57 Å². The summed E-state index contributed by atoms with van der Waals surface area (Å²) in [6.45, 7) is 5.63. The fourth-order valence-corrected chi connectivity index (χ4v) is 3.79. The van der Waals surface area contributed by atoms with Crippen molar-refractivity contribution in [2.45, 2.75) is 44.7 Å². The van der Waals surface area contributed by atoms with Crippen LogP contribution in [0.4, 0.5) is 0 Å². The van der Waals surface area contributed by atoms with Crippen LogP contribution in [-0.2, 0) is 0 Å². The minimum absolute atomic E-state index is 0.285. The van der Waals surface area contributed by atoms with Crippen LogP contribution < -0.4 is 5.32 Å². The average molecular weight is 314 g/mol. The van der Waals surface area contributed by atoms with Gasteiger partial charge in [0, 0.05) is 18.6 Å². The fraction of sp³-hybridized carbons (Fsp3) is 0.600. The van der Waals surface area contributed by atoms with E-state index in [1.807, 2.05) is 0 Å². The normalized spacial score (nSPS) is 26.4. The smallest absolute Gasteiger partial charge is 0.0558 e. The summed E-state index contributed by atoms with van der Waals surface area (Å²) in [5, 5.41) is 12.9. The maximum absolute atomic E-state index is 9.02. The Kier molecular flexibility index (Phi) is 5.87. The zero-order chi connectivity index (χ0) is 16.1. The summed E-state index contributed by atoms with van der Waals surface area (Å²) < 4.78 is 0. The molecule has 1 aromatic carbocycles. The van der Waals surface area contributed by atoms with Crippen molar-refractivity contribution in [3.63, 3.8) is 0 Å². The van der Waals surface area contributed by atoms with Gasteiger partial charge in [-0.2, -0.15) is 0 Å². The topological polar surface area (TPSA) is 35.5 Å². The molecule has 2 unspecified atom stereocenters. The van der Waals surface area contributed by atoms with Gasteiger partial charge in [0.05, 0.1) is 6.61 Å². The number of β-amino-alcohol motifs (C(OH)–C–C–N with tert-alkyl or cyclic N) is 1. The first-order valence-electron chi connectivity index (χ1n) is 9.15. The Hall–Kier alpha value is -1.16. The molecule has 2 atom stereocenters. The van der Waals surface area contributed by atoms with Gasteiger partial charge in [0.25, 0.3) is 0 Å². The van der Waals surface area contributed by atoms with Gasteiger partial charge >= 0.3 is 0 Å². The summed E-state index contributed by atoms with van der Waals surface area (Å²) in [5.74, 6) is 0.732. The standard InChI is InChI=1S/C20H30N2O/c1-2-17(14-16-6-4-3-5-7-16)19-15-20(19)21-18-8-10-22(11-9-18)12-13-23/h3-7,14,18-21,23H,2,8-13,15H2,1H3/b17-14+. The zero-order valence-corrected chi connectivity index (χ0v) is 14.2. The average Bonchev–Trinajstić information content (AvgIpc) is 3.34. The molecule has 1 aromatic rings. The minimum Gasteiger partial charge on any atom is -0.395 e. The molecule has 2 fully saturated rings. The molecule has 23 heavy (non-hydrogen) atoms. The molecule has 0 aromatic heterocycles. The number of hydrogen-bond acceptors (Lipinski definition) is 3. The van der Waals surface area contributed by atoms with Gasteiger partial charge < -0.3 is 15.3 Å². The van der Waals surface area contributed by atoms with Crippen molar-refractivity contribution >= 4 is 6.08 Å². The lowest BCUT2D eigenvalue weighted by atomic mass is 10.0. The molecule has 3 nitrogen and oxygen atoms in total. The number of piperidine rings is 1. The number of hydrogen-bond donors (Lipinski definition) is 2. The highest BCUT2D eigenvalue weighted by atomic mass is 16.3. The molecule has 1 aliphatic carbocycles. The third-order valence-corrected chi connectivity index (χ3v) is 5.28. The Bertz CT molecular complexity index is 506. The van der Waals surface area contributed by atoms with E-state index in [2.05, 4.69) is 53.5 Å². The molecule has 1 saturated heterocycles. The Morgan fingerprint density at radius 1 is 1.26 bits per heavy atom. The molecule has 2 aliphatic rings. The second kappa shape index (κ2) is 8.09. The van der Waals surface area contributed by atoms with Gasteiger partial charge in [-0.05, 0) is 50.3 Å². The van der Waals surface area contributed by atoms with Crippen LogP contribution in [0.1, 0.15) is 38.2 Å². The van der Waals surface area contributed by atoms with Crippen molar-refractivity contribution in [2.75, 3.05) is 26.2 Å². The molecule has 1 saturated carbocycles. The quantitative estimate of drug-likeness (QED) is 0.812. The Morgan fingerprint density at radius 2 is 2.00 bits per heavy atom. The van der Waals surface area contributed by atoms with Gasteiger partial charge in [-0.1, -0.05) is 48.9 Å². The third kappa shape index (κ3) is 4.66. The molecule has 0 radical (unpaired) electrons. The molecule has 126 valence electrons. The zero-order valence-electron chi connectivity index (χ0n) is 14.2. The number of aliphatic hydroxyl groups is 1. The summed E-state index contributed by atoms with van der Waals surface area (Å²) >= 11 is 0. The first kappa shape index (κ1) is 16.7. The number of benzene rings is 1. The van der Waals surface area contributed by atoms with Gasteiger partial charge in [-0.15, -0.1) is 0 Å². The van der Waals surface area contributed by atoms with Crippen molar-refractivity contribution in [2.24, 2.45) is 5.92 Å². The number of aliphatic hydroxyl groups excluding tert-OH is 1. The Balaban J connectivity index is 1.48. The molecular formula is C20H30N2O. The highest BCUT2D eigenvalue weighted by Crippen LogP contribution is 2.40. The largest absolute Gasteiger partial charge is 0.395 e. The maximum atomic E-state index is 9.02. The van der Waals surface area contributed by atoms with Gasteiger partial charge in [0.15, 0.2) is 0 Å². The van der Waals surface area contributed by atoms with Crippen molar-refractivity contribution in [3.8, 4) is 0 Å². The number of likely N-dealkylation sites (tertiary alicyclic amines) is 1. The number of rotatable bonds is 7. The van der Waals surface area contributed by atoms with Crippen molar-refractivity contribution < 1.29 is 5.11 Å². The van der Waals surface area contributed by atoms with E-state index in [0.29, 0.717) is 12.1 Å². The van der Waals surface area contributed by atoms with Crippen LogP contribution in [0.3, 0.4) is 0 Å². The highest BCUT2D eigenvalue weighted by Gasteiger charge is 2.40. The van der Waals surface area contributed by atoms with E-state index < -0.39 is 0 Å². The van der Waals surface area contributed by atoms with Crippen LogP contribution in [0, 0.1) is 5.92 Å². The minimum atomic E-state index is 0.285. The highest BCUT2D eigenvalue weighted by molar-refractivity contribution is 5.54. The van der Waals surface area contributed by atoms with Gasteiger partial charge in [0.2, 0.25) is 0 Å². The van der Waals surface area contributed by atoms with Crippen molar-refractivity contribution in [1.82, 2.24) is 10.2 Å². The van der Waals surface area contributed by atoms with E-state index in [1.165, 1.54) is 24.8 Å². The van der Waals surface area contributed by atoms with Crippen LogP contribution >= 0.6 is 0 Å². The van der Waals surface area contributed by atoms with Crippen LogP contribution in [0.5, 0.6) is 0 Å². The van der Waals surface area contributed by atoms with Gasteiger partial charge in [0.1, 0.15) is 0 Å². The molecule has 3 rings (SSSR count). The third-order valence-electron chi connectivity index (χ3n) is 5.28. The predicted molar refractivity (Wildman–Crippen MR) is 96.3 cm³/mol. The predicted octanol–water partition coefficient (Wildman–Crippen LogP) is 2.91. The van der Waals surface area contributed by atoms with E-state index in [9.17, 15) is 0 Å². The van der Waals surface area contributed by atoms with Crippen LogP contribution in [0.25, 0.3) is 6.08 Å². The van der Waals surface area contributed by atoms with Gasteiger partial charge in [-0.3, -0.25) is 0 Å². The molecule has 1 heterocycles. The summed E-state index contributed by atoms with van der Waals surface area (Å²) in [7, 11) is 0. The number of nitrogens with zero attached hydrogens (tertiary/aromatic N) is 1. The SMILES string of the molecule is CC/C(=C\c1ccccc1)C1CC1NC1CCN(CCO)CC1. The molecule has 0 bridgehead atoms. The summed E-state index contributed by atoms with van der Waals surface area (Å²) in [6.07, 6.45) is 7.26. The number of nitrogens with one attached hydrogen (secondary N) is 1. The molecule has 0 spiro atoms. The van der Waals surface area contributed by atoms with Crippen LogP contribution in [-0.4, -0.2) is 48.3 Å². The summed E-state index contributed by atoms with van der Waals surface area (Å²) in [5.41, 5.74) is 2.92. The Labute approximate surface area is 140 Å². The van der Waals surface area contributed by atoms with Gasteiger partial charge in [-0.25, -0.2) is 0 Å². The van der Waals surface area contributed by atoms with Crippen molar-refractivity contribution in [1.29, 1.82) is 0 Å². The summed E-state index contributed by atoms with van der Waals surface area (Å²) in [4.78, 5) is 2.37. The molecule has 1 aliphatic heterocycles. The van der Waals surface area contributed by atoms with E-state index in [4.69, 9.17) is 5.11 Å². The van der Waals surface area contributed by atoms with Crippen molar-refractivity contribution in [3.05, 3.63) is 41.5 Å². The lowest BCUT2D eigenvalue weighted by Crippen LogP contribution is -2.44. The molecule has 3 heteroatoms. The first-order valence-corrected chi connectivity index (χ1v) is 9.15. The van der Waals surface area contributed by atoms with E-state index in [0.717, 1.165) is 32.0 Å². The molecule has 0 amide bonds. The lowest BCUT2D eigenvalue weighted by Gasteiger charge is -2.32. The van der Waals surface area contributed by atoms with E-state index >= 15 is 0 Å². The first-order chi connectivity index (χ1) is 11.3. The monoisotopic (exact) mass is 314 g/mol. The fourth-order valence-electron chi connectivity index (χ4n) is 3.79. The van der Waals surface area contributed by atoms with Crippen LogP contribution in [0.2, 0.25) is 0 Å². The maximum Gasteiger partial charge on any atom is 0.0558 e. The van der Waals surface area contributed by atoms with Crippen LogP contribution in [0.15, 0.2) is 35.9 Å². The van der Waals surface area contributed by atoms with E-state index in [-0.39, 0.29) is 6.61 Å². The summed E-state index contributed by atoms with van der Waals surface area (Å²) in [6, 6.07) is 12.0. The molecular weight excluding hydrogens is 284 g/mol. The second-order valence-electron chi connectivity index (χ2n) is 6.94. The molecule has 2 N–H and O–H groups in total. The Morgan fingerprint density at radius 3 is 2.65 bits per heavy atom. The second-order valence-corrected chi connectivity index (χ2v) is 6.94.